The molecular formula is C57H39N3. The van der Waals surface area contributed by atoms with Crippen LogP contribution in [0.2, 0.25) is 0 Å². The molecule has 3 heteroatoms. The number of nitrogens with zero attached hydrogens (tertiary/aromatic N) is 3. The lowest BCUT2D eigenvalue weighted by atomic mass is 9.81. The van der Waals surface area contributed by atoms with Gasteiger partial charge in [0, 0.05) is 27.1 Å². The van der Waals surface area contributed by atoms with Gasteiger partial charge in [0.25, 0.3) is 0 Å². The summed E-state index contributed by atoms with van der Waals surface area (Å²) in [6, 6.07) is 72.5. The van der Waals surface area contributed by atoms with E-state index >= 15 is 0 Å². The Bertz CT molecular complexity index is 3490. The molecule has 60 heavy (non-hydrogen) atoms. The van der Waals surface area contributed by atoms with Crippen LogP contribution in [-0.4, -0.2) is 14.5 Å². The average Bonchev–Trinajstić information content (AvgIpc) is 3.76. The molecule has 0 saturated heterocycles. The van der Waals surface area contributed by atoms with Crippen LogP contribution in [0.1, 0.15) is 25.0 Å². The van der Waals surface area contributed by atoms with Crippen LogP contribution >= 0.6 is 0 Å². The normalized spacial score (nSPS) is 13.0. The molecule has 0 N–H and O–H groups in total. The number of fused-ring (bicyclic) bond motifs is 8. The van der Waals surface area contributed by atoms with Gasteiger partial charge in [0.1, 0.15) is 0 Å². The van der Waals surface area contributed by atoms with Gasteiger partial charge in [-0.15, -0.1) is 0 Å². The zero-order valence-corrected chi connectivity index (χ0v) is 33.4. The predicted octanol–water partition coefficient (Wildman–Crippen LogP) is 14.9. The third kappa shape index (κ3) is 5.29. The van der Waals surface area contributed by atoms with E-state index in [1.807, 2.05) is 0 Å². The van der Waals surface area contributed by atoms with E-state index in [-0.39, 0.29) is 5.41 Å². The van der Waals surface area contributed by atoms with E-state index in [0.717, 1.165) is 44.3 Å². The van der Waals surface area contributed by atoms with Crippen LogP contribution in [0.25, 0.3) is 105 Å². The number of benzene rings is 9. The van der Waals surface area contributed by atoms with E-state index in [9.17, 15) is 0 Å². The molecule has 0 atom stereocenters. The molecule has 9 aromatic carbocycles. The first-order chi connectivity index (χ1) is 29.5. The Morgan fingerprint density at radius 1 is 0.367 bits per heavy atom. The molecule has 2 heterocycles. The van der Waals surface area contributed by atoms with Gasteiger partial charge >= 0.3 is 0 Å². The summed E-state index contributed by atoms with van der Waals surface area (Å²) in [6.07, 6.45) is 0. The fourth-order valence-electron chi connectivity index (χ4n) is 9.77. The fourth-order valence-corrected chi connectivity index (χ4v) is 9.77. The molecule has 12 rings (SSSR count). The van der Waals surface area contributed by atoms with Gasteiger partial charge in [-0.2, -0.15) is 0 Å². The van der Waals surface area contributed by atoms with Crippen molar-refractivity contribution in [2.75, 3.05) is 0 Å². The van der Waals surface area contributed by atoms with E-state index < -0.39 is 0 Å². The Hall–Kier alpha value is -7.62. The Kier molecular flexibility index (Phi) is 7.58. The van der Waals surface area contributed by atoms with Crippen molar-refractivity contribution < 1.29 is 0 Å². The Morgan fingerprint density at radius 3 is 1.77 bits per heavy atom. The van der Waals surface area contributed by atoms with E-state index in [2.05, 4.69) is 219 Å². The van der Waals surface area contributed by atoms with Gasteiger partial charge in [-0.1, -0.05) is 190 Å². The minimum Gasteiger partial charge on any atom is -0.278 e. The second-order valence-electron chi connectivity index (χ2n) is 16.6. The number of hydrogen-bond donors (Lipinski definition) is 0. The third-order valence-electron chi connectivity index (χ3n) is 12.9. The lowest BCUT2D eigenvalue weighted by Crippen LogP contribution is -2.14. The first-order valence-electron chi connectivity index (χ1n) is 20.7. The Balaban J connectivity index is 0.950. The van der Waals surface area contributed by atoms with Gasteiger partial charge in [-0.05, 0) is 90.7 Å². The highest BCUT2D eigenvalue weighted by Crippen LogP contribution is 2.49. The minimum absolute atomic E-state index is 0.0337. The molecule has 0 spiro atoms. The summed E-state index contributed by atoms with van der Waals surface area (Å²) in [5.74, 6) is 0.655. The van der Waals surface area contributed by atoms with Crippen LogP contribution in [0, 0.1) is 0 Å². The van der Waals surface area contributed by atoms with E-state index in [1.54, 1.807) is 0 Å². The highest BCUT2D eigenvalue weighted by Gasteiger charge is 2.35. The maximum atomic E-state index is 5.41. The number of aromatic nitrogens is 3. The molecule has 2 aromatic heterocycles. The van der Waals surface area contributed by atoms with Crippen LogP contribution < -0.4 is 0 Å². The van der Waals surface area contributed by atoms with Gasteiger partial charge in [0.15, 0.2) is 0 Å². The van der Waals surface area contributed by atoms with E-state index in [4.69, 9.17) is 9.97 Å². The summed E-state index contributed by atoms with van der Waals surface area (Å²) in [5.41, 5.74) is 17.6. The lowest BCUT2D eigenvalue weighted by Gasteiger charge is -2.22. The van der Waals surface area contributed by atoms with E-state index in [1.165, 1.54) is 66.1 Å². The molecule has 0 aliphatic heterocycles. The van der Waals surface area contributed by atoms with E-state index in [0.29, 0.717) is 5.95 Å². The Labute approximate surface area is 348 Å². The van der Waals surface area contributed by atoms with Gasteiger partial charge in [0.05, 0.1) is 22.2 Å². The molecule has 0 saturated carbocycles. The Morgan fingerprint density at radius 2 is 0.933 bits per heavy atom. The van der Waals surface area contributed by atoms with Crippen molar-refractivity contribution in [3.05, 3.63) is 211 Å². The molecule has 0 fully saturated rings. The summed E-state index contributed by atoms with van der Waals surface area (Å²) in [6.45, 7) is 4.68. The molecule has 0 bridgehead atoms. The first-order valence-corrected chi connectivity index (χ1v) is 20.7. The SMILES string of the molecule is CC1(C)c2ccccc2-c2ccc(-c3ccc(-c4ccc5c6ccccc6n(-c6nc(-c7ccc(-c8cccc9ccccc89)cc7)c7ccccc7n6)c5c4)cc3)cc21. The molecule has 0 unspecified atom stereocenters. The van der Waals surface area contributed by atoms with Crippen LogP contribution in [0.15, 0.2) is 200 Å². The van der Waals surface area contributed by atoms with Crippen molar-refractivity contribution in [2.24, 2.45) is 0 Å². The lowest BCUT2D eigenvalue weighted by molar-refractivity contribution is 0.660. The topological polar surface area (TPSA) is 30.7 Å². The van der Waals surface area contributed by atoms with Crippen molar-refractivity contribution in [1.82, 2.24) is 14.5 Å². The molecule has 1 aliphatic carbocycles. The number of rotatable bonds is 5. The summed E-state index contributed by atoms with van der Waals surface area (Å²) >= 11 is 0. The van der Waals surface area contributed by atoms with Crippen molar-refractivity contribution >= 4 is 43.5 Å². The molecule has 0 amide bonds. The monoisotopic (exact) mass is 765 g/mol. The first kappa shape index (κ1) is 34.4. The van der Waals surface area contributed by atoms with Gasteiger partial charge in [0.2, 0.25) is 5.95 Å². The highest BCUT2D eigenvalue weighted by atomic mass is 15.2. The van der Waals surface area contributed by atoms with Gasteiger partial charge in [-0.25, -0.2) is 9.97 Å². The predicted molar refractivity (Wildman–Crippen MR) is 251 cm³/mol. The van der Waals surface area contributed by atoms with Crippen LogP contribution in [0.3, 0.4) is 0 Å². The molecular weight excluding hydrogens is 727 g/mol. The van der Waals surface area contributed by atoms with Gasteiger partial charge < -0.3 is 0 Å². The maximum Gasteiger partial charge on any atom is 0.235 e. The highest BCUT2D eigenvalue weighted by molar-refractivity contribution is 6.10. The van der Waals surface area contributed by atoms with Crippen molar-refractivity contribution in [3.63, 3.8) is 0 Å². The fraction of sp³-hybridized carbons (Fsp3) is 0.0526. The molecule has 11 aromatic rings. The molecule has 0 radical (unpaired) electrons. The van der Waals surface area contributed by atoms with Gasteiger partial charge in [-0.3, -0.25) is 4.57 Å². The zero-order chi connectivity index (χ0) is 40.0. The van der Waals surface area contributed by atoms with Crippen molar-refractivity contribution in [3.8, 4) is 61.7 Å². The number of hydrogen-bond acceptors (Lipinski definition) is 2. The largest absolute Gasteiger partial charge is 0.278 e. The zero-order valence-electron chi connectivity index (χ0n) is 33.4. The summed E-state index contributed by atoms with van der Waals surface area (Å²) < 4.78 is 2.24. The molecule has 3 nitrogen and oxygen atoms in total. The molecule has 1 aliphatic rings. The van der Waals surface area contributed by atoms with Crippen LogP contribution in [0.5, 0.6) is 0 Å². The smallest absolute Gasteiger partial charge is 0.235 e. The van der Waals surface area contributed by atoms with Crippen molar-refractivity contribution in [1.29, 1.82) is 0 Å². The standard InChI is InChI=1S/C57H39N3/c1-57(2)50-19-8-5-15-45(50)46-32-30-41(34-51(46)57)36-22-24-37(25-23-36)42-31-33-48-47-16-7-10-21-53(47)60(54(48)35-42)56-58-52-20-9-6-17-49(52)55(59-56)40-28-26-39(27-29-40)44-18-11-13-38-12-3-4-14-43(38)44/h3-35H,1-2H3. The second kappa shape index (κ2) is 13.2. The van der Waals surface area contributed by atoms with Crippen LogP contribution in [0.4, 0.5) is 0 Å². The van der Waals surface area contributed by atoms with Crippen molar-refractivity contribution in [2.45, 2.75) is 19.3 Å². The minimum atomic E-state index is -0.0337. The summed E-state index contributed by atoms with van der Waals surface area (Å²) in [4.78, 5) is 10.7. The number of para-hydroxylation sites is 2. The summed E-state index contributed by atoms with van der Waals surface area (Å²) in [7, 11) is 0. The second-order valence-corrected chi connectivity index (χ2v) is 16.6. The maximum absolute atomic E-state index is 5.41. The summed E-state index contributed by atoms with van der Waals surface area (Å²) in [5, 5.41) is 5.86. The molecule has 282 valence electrons. The third-order valence-corrected chi connectivity index (χ3v) is 12.9. The van der Waals surface area contributed by atoms with Crippen LogP contribution in [-0.2, 0) is 5.41 Å². The quantitative estimate of drug-likeness (QED) is 0.175. The average molecular weight is 766 g/mol.